The van der Waals surface area contributed by atoms with Crippen LogP contribution in [-0.2, 0) is 4.79 Å². The number of benzene rings is 2. The van der Waals surface area contributed by atoms with Crippen LogP contribution in [0.25, 0.3) is 16.6 Å². The van der Waals surface area contributed by atoms with Crippen LogP contribution in [0.2, 0.25) is 0 Å². The molecule has 2 aromatic carbocycles. The monoisotopic (exact) mass is 406 g/mol. The van der Waals surface area contributed by atoms with Gasteiger partial charge in [-0.05, 0) is 64.2 Å². The Morgan fingerprint density at radius 3 is 2.43 bits per heavy atom. The van der Waals surface area contributed by atoms with Gasteiger partial charge in [-0.2, -0.15) is 0 Å². The molecule has 1 aromatic heterocycles. The molecule has 3 rings (SSSR count). The predicted octanol–water partition coefficient (Wildman–Crippen LogP) is 3.92. The number of halogens is 2. The van der Waals surface area contributed by atoms with Gasteiger partial charge < -0.3 is 15.4 Å². The van der Waals surface area contributed by atoms with Gasteiger partial charge in [-0.1, -0.05) is 0 Å². The molecule has 0 radical (unpaired) electrons. The summed E-state index contributed by atoms with van der Waals surface area (Å²) < 4.78 is 20.8. The van der Waals surface area contributed by atoms with Gasteiger partial charge in [-0.15, -0.1) is 17.5 Å². The van der Waals surface area contributed by atoms with Crippen molar-refractivity contribution in [3.8, 4) is 11.4 Å². The van der Waals surface area contributed by atoms with E-state index in [4.69, 9.17) is 4.74 Å². The highest BCUT2D eigenvalue weighted by molar-refractivity contribution is 6.02. The van der Waals surface area contributed by atoms with Crippen LogP contribution in [0.5, 0.6) is 5.75 Å². The van der Waals surface area contributed by atoms with Gasteiger partial charge >= 0.3 is 0 Å². The minimum atomic E-state index is -0.362. The van der Waals surface area contributed by atoms with E-state index in [0.29, 0.717) is 17.3 Å². The Bertz CT molecular complexity index is 957. The van der Waals surface area contributed by atoms with Gasteiger partial charge in [0.25, 0.3) is 0 Å². The lowest BCUT2D eigenvalue weighted by Gasteiger charge is -2.10. The van der Waals surface area contributed by atoms with Crippen molar-refractivity contribution in [2.45, 2.75) is 32.9 Å². The lowest BCUT2D eigenvalue weighted by atomic mass is 10.2. The summed E-state index contributed by atoms with van der Waals surface area (Å²) in [7, 11) is 1.72. The molecule has 3 aromatic rings. The van der Waals surface area contributed by atoms with Gasteiger partial charge in [-0.3, -0.25) is 4.79 Å². The van der Waals surface area contributed by atoms with E-state index < -0.39 is 0 Å². The quantitative estimate of drug-likeness (QED) is 0.651. The van der Waals surface area contributed by atoms with Gasteiger partial charge in [0.15, 0.2) is 5.82 Å². The second-order valence-corrected chi connectivity index (χ2v) is 6.58. The molecule has 1 heterocycles. The zero-order valence-electron chi connectivity index (χ0n) is 16.2. The molecular formula is C20H24ClFN4O2. The maximum Gasteiger partial charge on any atom is 0.242 e. The molecule has 0 aliphatic heterocycles. The number of hydrogen-bond donors (Lipinski definition) is 2. The van der Waals surface area contributed by atoms with E-state index in [1.807, 2.05) is 32.0 Å². The minimum absolute atomic E-state index is 0. The van der Waals surface area contributed by atoms with Crippen molar-refractivity contribution < 1.29 is 13.9 Å². The maximum atomic E-state index is 13.3. The van der Waals surface area contributed by atoms with Crippen LogP contribution in [0.1, 0.15) is 20.8 Å². The first-order valence-electron chi connectivity index (χ1n) is 8.82. The lowest BCUT2D eigenvalue weighted by Crippen LogP contribution is -2.35. The standard InChI is InChI=1S/C20H23FN4O2.ClH/c1-12(2)27-16-9-10-17-18(11-16)25(15-7-5-14(21)6-8-15)24-19(17)23-20(26)13(3)22-4;/h5-13,22H,1-4H3,(H,23,24,26);1H/t13-;/m0./s1. The fourth-order valence-corrected chi connectivity index (χ4v) is 2.67. The molecule has 0 fully saturated rings. The zero-order valence-corrected chi connectivity index (χ0v) is 17.0. The first-order valence-corrected chi connectivity index (χ1v) is 8.82. The van der Waals surface area contributed by atoms with Crippen molar-refractivity contribution in [2.24, 2.45) is 0 Å². The highest BCUT2D eigenvalue weighted by atomic mass is 35.5. The number of amides is 1. The molecule has 0 aliphatic rings. The van der Waals surface area contributed by atoms with Crippen molar-refractivity contribution in [1.29, 1.82) is 0 Å². The van der Waals surface area contributed by atoms with E-state index >= 15 is 0 Å². The molecule has 28 heavy (non-hydrogen) atoms. The number of aromatic nitrogens is 2. The Kier molecular flexibility index (Phi) is 6.99. The highest BCUT2D eigenvalue weighted by Crippen LogP contribution is 2.30. The highest BCUT2D eigenvalue weighted by Gasteiger charge is 2.18. The number of carbonyl (C=O) groups excluding carboxylic acids is 1. The summed E-state index contributed by atoms with van der Waals surface area (Å²) >= 11 is 0. The normalized spacial score (nSPS) is 11.9. The van der Waals surface area contributed by atoms with E-state index in [9.17, 15) is 9.18 Å². The Morgan fingerprint density at radius 2 is 1.82 bits per heavy atom. The molecule has 2 N–H and O–H groups in total. The second kappa shape index (κ2) is 9.03. The molecule has 0 unspecified atom stereocenters. The van der Waals surface area contributed by atoms with Crippen LogP contribution in [0.15, 0.2) is 42.5 Å². The summed E-state index contributed by atoms with van der Waals surface area (Å²) in [6.07, 6.45) is 0.0280. The van der Waals surface area contributed by atoms with Crippen LogP contribution < -0.4 is 15.4 Å². The molecule has 1 atom stereocenters. The fraction of sp³-hybridized carbons (Fsp3) is 0.300. The third-order valence-corrected chi connectivity index (χ3v) is 4.16. The number of anilines is 1. The average molecular weight is 407 g/mol. The molecule has 150 valence electrons. The first-order chi connectivity index (χ1) is 12.9. The number of nitrogens with zero attached hydrogens (tertiary/aromatic N) is 2. The Hall–Kier alpha value is -2.64. The number of ether oxygens (including phenoxy) is 1. The molecule has 0 spiro atoms. The van der Waals surface area contributed by atoms with E-state index in [1.54, 1.807) is 30.8 Å². The van der Waals surface area contributed by atoms with E-state index in [0.717, 1.165) is 10.9 Å². The number of likely N-dealkylation sites (N-methyl/N-ethyl adjacent to an activating group) is 1. The summed E-state index contributed by atoms with van der Waals surface area (Å²) in [5, 5.41) is 11.1. The van der Waals surface area contributed by atoms with Crippen LogP contribution >= 0.6 is 12.4 Å². The topological polar surface area (TPSA) is 68.2 Å². The van der Waals surface area contributed by atoms with Crippen LogP contribution in [0.3, 0.4) is 0 Å². The number of nitrogens with one attached hydrogen (secondary N) is 2. The van der Waals surface area contributed by atoms with Crippen molar-refractivity contribution >= 4 is 35.0 Å². The van der Waals surface area contributed by atoms with Crippen molar-refractivity contribution in [1.82, 2.24) is 15.1 Å². The Labute approximate surface area is 169 Å². The van der Waals surface area contributed by atoms with Crippen LogP contribution in [0, 0.1) is 5.82 Å². The van der Waals surface area contributed by atoms with Gasteiger partial charge in [0.1, 0.15) is 11.6 Å². The number of fused-ring (bicyclic) bond motifs is 1. The van der Waals surface area contributed by atoms with E-state index in [1.165, 1.54) is 12.1 Å². The van der Waals surface area contributed by atoms with Gasteiger partial charge in [0, 0.05) is 11.5 Å². The first kappa shape index (κ1) is 21.7. The summed E-state index contributed by atoms with van der Waals surface area (Å²) in [4.78, 5) is 12.3. The van der Waals surface area contributed by atoms with Crippen LogP contribution in [0.4, 0.5) is 10.2 Å². The molecule has 0 bridgehead atoms. The lowest BCUT2D eigenvalue weighted by molar-refractivity contribution is -0.117. The average Bonchev–Trinajstić information content (AvgIpc) is 2.99. The third kappa shape index (κ3) is 4.61. The smallest absolute Gasteiger partial charge is 0.242 e. The Balaban J connectivity index is 0.00000280. The van der Waals surface area contributed by atoms with Gasteiger partial charge in [0.2, 0.25) is 5.91 Å². The fourth-order valence-electron chi connectivity index (χ4n) is 2.67. The largest absolute Gasteiger partial charge is 0.491 e. The molecular weight excluding hydrogens is 383 g/mol. The number of carbonyl (C=O) groups is 1. The summed E-state index contributed by atoms with van der Waals surface area (Å²) in [5.74, 6) is 0.626. The van der Waals surface area contributed by atoms with Gasteiger partial charge in [-0.25, -0.2) is 9.07 Å². The van der Waals surface area contributed by atoms with Crippen molar-refractivity contribution in [3.63, 3.8) is 0 Å². The summed E-state index contributed by atoms with van der Waals surface area (Å²) in [6.45, 7) is 5.67. The predicted molar refractivity (Wildman–Crippen MR) is 111 cm³/mol. The summed E-state index contributed by atoms with van der Waals surface area (Å²) in [5.41, 5.74) is 1.44. The number of rotatable bonds is 6. The third-order valence-electron chi connectivity index (χ3n) is 4.16. The van der Waals surface area contributed by atoms with Crippen LogP contribution in [-0.4, -0.2) is 34.9 Å². The maximum absolute atomic E-state index is 13.3. The molecule has 6 nitrogen and oxygen atoms in total. The number of hydrogen-bond acceptors (Lipinski definition) is 4. The van der Waals surface area contributed by atoms with Gasteiger partial charge in [0.05, 0.1) is 23.3 Å². The molecule has 1 amide bonds. The summed E-state index contributed by atoms with van der Waals surface area (Å²) in [6, 6.07) is 11.2. The van der Waals surface area contributed by atoms with E-state index in [-0.39, 0.29) is 36.3 Å². The second-order valence-electron chi connectivity index (χ2n) is 6.58. The van der Waals surface area contributed by atoms with Crippen molar-refractivity contribution in [3.05, 3.63) is 48.3 Å². The SMILES string of the molecule is CN[C@@H](C)C(=O)Nc1nn(-c2ccc(F)cc2)c2cc(OC(C)C)ccc12.Cl. The molecule has 0 saturated heterocycles. The minimum Gasteiger partial charge on any atom is -0.491 e. The zero-order chi connectivity index (χ0) is 19.6. The van der Waals surface area contributed by atoms with Crippen molar-refractivity contribution in [2.75, 3.05) is 12.4 Å². The van der Waals surface area contributed by atoms with E-state index in [2.05, 4.69) is 15.7 Å². The molecule has 0 aliphatic carbocycles. The molecule has 8 heteroatoms. The Morgan fingerprint density at radius 1 is 1.14 bits per heavy atom. The molecule has 0 saturated carbocycles.